The van der Waals surface area contributed by atoms with E-state index in [1.54, 1.807) is 17.5 Å². The van der Waals surface area contributed by atoms with Gasteiger partial charge in [-0.05, 0) is 52.9 Å². The van der Waals surface area contributed by atoms with Gasteiger partial charge in [0, 0.05) is 12.2 Å². The van der Waals surface area contributed by atoms with Gasteiger partial charge in [0.25, 0.3) is 0 Å². The van der Waals surface area contributed by atoms with Crippen LogP contribution in [0, 0.1) is 6.92 Å². The van der Waals surface area contributed by atoms with Gasteiger partial charge < -0.3 is 11.5 Å². The Bertz CT molecular complexity index is 479. The van der Waals surface area contributed by atoms with Crippen molar-refractivity contribution in [1.82, 2.24) is 4.98 Å². The highest BCUT2D eigenvalue weighted by Crippen LogP contribution is 2.23. The summed E-state index contributed by atoms with van der Waals surface area (Å²) >= 11 is 1.69. The Morgan fingerprint density at radius 2 is 2.25 bits per heavy atom. The van der Waals surface area contributed by atoms with E-state index in [9.17, 15) is 0 Å². The molecule has 0 spiro atoms. The van der Waals surface area contributed by atoms with Gasteiger partial charge in [0.1, 0.15) is 5.82 Å². The lowest BCUT2D eigenvalue weighted by atomic mass is 10.0. The number of aromatic nitrogens is 1. The molecule has 4 heteroatoms. The number of anilines is 1. The van der Waals surface area contributed by atoms with Crippen molar-refractivity contribution < 1.29 is 0 Å². The molecular formula is C12H15N3S. The van der Waals surface area contributed by atoms with Crippen molar-refractivity contribution in [1.29, 1.82) is 0 Å². The zero-order chi connectivity index (χ0) is 11.5. The molecule has 0 amide bonds. The minimum Gasteiger partial charge on any atom is -0.384 e. The van der Waals surface area contributed by atoms with Crippen LogP contribution in [0.5, 0.6) is 0 Å². The molecule has 0 aliphatic heterocycles. The highest BCUT2D eigenvalue weighted by molar-refractivity contribution is 7.08. The van der Waals surface area contributed by atoms with Crippen LogP contribution in [0.3, 0.4) is 0 Å². The maximum atomic E-state index is 6.17. The standard InChI is InChI=1S/C12H15N3S/c1-8-6-16-7-10(8)11(13)4-9-2-3-15-12(14)5-9/h2-3,5-7,11H,4,13H2,1H3,(H2,14,15). The molecule has 1 atom stereocenters. The van der Waals surface area contributed by atoms with Crippen molar-refractivity contribution in [2.24, 2.45) is 5.73 Å². The molecule has 2 aromatic rings. The van der Waals surface area contributed by atoms with Crippen molar-refractivity contribution in [2.75, 3.05) is 5.73 Å². The molecule has 2 heterocycles. The number of hydrogen-bond acceptors (Lipinski definition) is 4. The van der Waals surface area contributed by atoms with Crippen LogP contribution in [0.2, 0.25) is 0 Å². The zero-order valence-corrected chi connectivity index (χ0v) is 10.00. The first-order valence-electron chi connectivity index (χ1n) is 5.15. The van der Waals surface area contributed by atoms with Crippen molar-refractivity contribution in [3.63, 3.8) is 0 Å². The quantitative estimate of drug-likeness (QED) is 0.854. The average molecular weight is 233 g/mol. The SMILES string of the molecule is Cc1cscc1C(N)Cc1ccnc(N)c1. The van der Waals surface area contributed by atoms with Crippen LogP contribution in [-0.2, 0) is 6.42 Å². The van der Waals surface area contributed by atoms with Crippen molar-refractivity contribution in [3.8, 4) is 0 Å². The van der Waals surface area contributed by atoms with E-state index in [1.807, 2.05) is 12.1 Å². The van der Waals surface area contributed by atoms with E-state index in [0.717, 1.165) is 12.0 Å². The van der Waals surface area contributed by atoms with Gasteiger partial charge in [0.05, 0.1) is 0 Å². The number of aryl methyl sites for hydroxylation is 1. The number of nitrogen functional groups attached to an aromatic ring is 1. The molecule has 0 fully saturated rings. The van der Waals surface area contributed by atoms with Gasteiger partial charge in [-0.1, -0.05) is 0 Å². The van der Waals surface area contributed by atoms with Gasteiger partial charge in [0.15, 0.2) is 0 Å². The summed E-state index contributed by atoms with van der Waals surface area (Å²) in [7, 11) is 0. The maximum Gasteiger partial charge on any atom is 0.123 e. The first kappa shape index (κ1) is 11.1. The van der Waals surface area contributed by atoms with Crippen LogP contribution in [0.25, 0.3) is 0 Å². The normalized spacial score (nSPS) is 12.6. The van der Waals surface area contributed by atoms with Crippen LogP contribution < -0.4 is 11.5 Å². The maximum absolute atomic E-state index is 6.17. The summed E-state index contributed by atoms with van der Waals surface area (Å²) in [5, 5.41) is 4.24. The highest BCUT2D eigenvalue weighted by Gasteiger charge is 2.10. The van der Waals surface area contributed by atoms with Crippen molar-refractivity contribution in [3.05, 3.63) is 45.8 Å². The van der Waals surface area contributed by atoms with E-state index in [1.165, 1.54) is 11.1 Å². The third kappa shape index (κ3) is 2.40. The van der Waals surface area contributed by atoms with Crippen molar-refractivity contribution in [2.45, 2.75) is 19.4 Å². The lowest BCUT2D eigenvalue weighted by Crippen LogP contribution is -2.13. The first-order valence-corrected chi connectivity index (χ1v) is 6.10. The summed E-state index contributed by atoms with van der Waals surface area (Å²) in [4.78, 5) is 3.97. The molecule has 84 valence electrons. The monoisotopic (exact) mass is 233 g/mol. The van der Waals surface area contributed by atoms with Gasteiger partial charge in [-0.15, -0.1) is 0 Å². The van der Waals surface area contributed by atoms with E-state index < -0.39 is 0 Å². The molecule has 2 aromatic heterocycles. The van der Waals surface area contributed by atoms with Crippen LogP contribution in [-0.4, -0.2) is 4.98 Å². The van der Waals surface area contributed by atoms with Gasteiger partial charge in [-0.2, -0.15) is 11.3 Å². The Hall–Kier alpha value is -1.39. The third-order valence-electron chi connectivity index (χ3n) is 2.60. The fraction of sp³-hybridized carbons (Fsp3) is 0.250. The fourth-order valence-electron chi connectivity index (χ4n) is 1.74. The molecule has 4 N–H and O–H groups in total. The van der Waals surface area contributed by atoms with Gasteiger partial charge >= 0.3 is 0 Å². The Labute approximate surface area is 99.1 Å². The number of pyridine rings is 1. The Morgan fingerprint density at radius 1 is 1.44 bits per heavy atom. The predicted molar refractivity (Wildman–Crippen MR) is 68.3 cm³/mol. The van der Waals surface area contributed by atoms with Gasteiger partial charge in [0.2, 0.25) is 0 Å². The molecule has 0 aromatic carbocycles. The molecule has 2 rings (SSSR count). The number of nitrogens with two attached hydrogens (primary N) is 2. The predicted octanol–water partition coefficient (Wildman–Crippen LogP) is 2.28. The molecule has 3 nitrogen and oxygen atoms in total. The average Bonchev–Trinajstić information content (AvgIpc) is 2.64. The molecule has 16 heavy (non-hydrogen) atoms. The third-order valence-corrected chi connectivity index (χ3v) is 3.48. The van der Waals surface area contributed by atoms with E-state index in [-0.39, 0.29) is 6.04 Å². The molecule has 0 saturated heterocycles. The summed E-state index contributed by atoms with van der Waals surface area (Å²) in [5.41, 5.74) is 15.4. The highest BCUT2D eigenvalue weighted by atomic mass is 32.1. The molecule has 1 unspecified atom stereocenters. The fourth-order valence-corrected chi connectivity index (χ4v) is 2.65. The van der Waals surface area contributed by atoms with Crippen LogP contribution in [0.4, 0.5) is 5.82 Å². The Balaban J connectivity index is 2.14. The summed E-state index contributed by atoms with van der Waals surface area (Å²) in [5.74, 6) is 0.548. The van der Waals surface area contributed by atoms with E-state index in [4.69, 9.17) is 11.5 Å². The number of hydrogen-bond donors (Lipinski definition) is 2. The van der Waals surface area contributed by atoms with Crippen LogP contribution in [0.1, 0.15) is 22.7 Å². The van der Waals surface area contributed by atoms with E-state index >= 15 is 0 Å². The topological polar surface area (TPSA) is 64.9 Å². The van der Waals surface area contributed by atoms with Crippen LogP contribution >= 0.6 is 11.3 Å². The molecule has 0 radical (unpaired) electrons. The second-order valence-electron chi connectivity index (χ2n) is 3.91. The Kier molecular flexibility index (Phi) is 3.22. The first-order chi connectivity index (χ1) is 7.66. The number of rotatable bonds is 3. The van der Waals surface area contributed by atoms with Crippen LogP contribution in [0.15, 0.2) is 29.1 Å². The number of nitrogens with zero attached hydrogens (tertiary/aromatic N) is 1. The molecule has 0 aliphatic carbocycles. The second-order valence-corrected chi connectivity index (χ2v) is 4.65. The minimum atomic E-state index is 0.0352. The van der Waals surface area contributed by atoms with Crippen molar-refractivity contribution >= 4 is 17.2 Å². The van der Waals surface area contributed by atoms with E-state index in [0.29, 0.717) is 5.82 Å². The smallest absolute Gasteiger partial charge is 0.123 e. The van der Waals surface area contributed by atoms with E-state index in [2.05, 4.69) is 22.7 Å². The lowest BCUT2D eigenvalue weighted by molar-refractivity contribution is 0.719. The molecule has 0 saturated carbocycles. The second kappa shape index (κ2) is 4.63. The molecule has 0 aliphatic rings. The minimum absolute atomic E-state index is 0.0352. The number of thiophene rings is 1. The summed E-state index contributed by atoms with van der Waals surface area (Å²) < 4.78 is 0. The summed E-state index contributed by atoms with van der Waals surface area (Å²) in [6.45, 7) is 2.09. The molecule has 0 bridgehead atoms. The summed E-state index contributed by atoms with van der Waals surface area (Å²) in [6.07, 6.45) is 2.52. The molecular weight excluding hydrogens is 218 g/mol. The zero-order valence-electron chi connectivity index (χ0n) is 9.18. The summed E-state index contributed by atoms with van der Waals surface area (Å²) in [6, 6.07) is 3.87. The largest absolute Gasteiger partial charge is 0.384 e. The van der Waals surface area contributed by atoms with Gasteiger partial charge in [-0.25, -0.2) is 4.98 Å². The lowest BCUT2D eigenvalue weighted by Gasteiger charge is -2.11. The Morgan fingerprint density at radius 3 is 2.88 bits per heavy atom. The van der Waals surface area contributed by atoms with Gasteiger partial charge in [-0.3, -0.25) is 0 Å².